The van der Waals surface area contributed by atoms with Crippen molar-refractivity contribution >= 4 is 17.8 Å². The molecule has 1 saturated heterocycles. The van der Waals surface area contributed by atoms with E-state index in [2.05, 4.69) is 21.9 Å². The molecule has 1 N–H and O–H groups in total. The lowest BCUT2D eigenvalue weighted by Crippen LogP contribution is -2.37. The summed E-state index contributed by atoms with van der Waals surface area (Å²) in [6.45, 7) is 6.96. The fraction of sp³-hybridized carbons (Fsp3) is 0.375. The number of ether oxygens (including phenoxy) is 1. The van der Waals surface area contributed by atoms with Crippen molar-refractivity contribution in [3.05, 3.63) is 71.3 Å². The molecule has 2 amide bonds. The SMILES string of the molecule is C=CC(=O)N1CCC(c2nc(C)ncc2C(=O)NCCc2cccc(C(=O)OC)c2)CC1. The molecule has 0 spiro atoms. The van der Waals surface area contributed by atoms with Crippen LogP contribution in [0.25, 0.3) is 0 Å². The summed E-state index contributed by atoms with van der Waals surface area (Å²) in [5, 5.41) is 2.93. The molecule has 1 aliphatic rings. The number of esters is 1. The van der Waals surface area contributed by atoms with Crippen LogP contribution in [0.15, 0.2) is 43.1 Å². The fourth-order valence-corrected chi connectivity index (χ4v) is 3.86. The van der Waals surface area contributed by atoms with Crippen LogP contribution in [0.2, 0.25) is 0 Å². The first-order valence-electron chi connectivity index (χ1n) is 10.6. The Bertz CT molecular complexity index is 1010. The number of aromatic nitrogens is 2. The molecule has 1 aliphatic heterocycles. The third-order valence-electron chi connectivity index (χ3n) is 5.60. The van der Waals surface area contributed by atoms with Crippen LogP contribution in [0, 0.1) is 6.92 Å². The summed E-state index contributed by atoms with van der Waals surface area (Å²) < 4.78 is 4.75. The Hall–Kier alpha value is -3.55. The minimum absolute atomic E-state index is 0.0726. The molecule has 8 heteroatoms. The summed E-state index contributed by atoms with van der Waals surface area (Å²) in [5.41, 5.74) is 2.60. The van der Waals surface area contributed by atoms with E-state index >= 15 is 0 Å². The average Bonchev–Trinajstić information content (AvgIpc) is 2.83. The van der Waals surface area contributed by atoms with Crippen molar-refractivity contribution in [1.29, 1.82) is 0 Å². The van der Waals surface area contributed by atoms with Gasteiger partial charge in [0.05, 0.1) is 23.9 Å². The lowest BCUT2D eigenvalue weighted by Gasteiger charge is -2.31. The Morgan fingerprint density at radius 3 is 2.72 bits per heavy atom. The van der Waals surface area contributed by atoms with Crippen molar-refractivity contribution in [3.8, 4) is 0 Å². The van der Waals surface area contributed by atoms with Gasteiger partial charge in [-0.3, -0.25) is 9.59 Å². The van der Waals surface area contributed by atoms with Gasteiger partial charge in [-0.05, 0) is 50.0 Å². The van der Waals surface area contributed by atoms with Crippen LogP contribution in [0.1, 0.15) is 56.6 Å². The second-order valence-corrected chi connectivity index (χ2v) is 7.72. The third-order valence-corrected chi connectivity index (χ3v) is 5.60. The molecule has 168 valence electrons. The number of nitrogens with zero attached hydrogens (tertiary/aromatic N) is 3. The molecule has 32 heavy (non-hydrogen) atoms. The van der Waals surface area contributed by atoms with Crippen molar-refractivity contribution < 1.29 is 19.1 Å². The molecule has 2 heterocycles. The standard InChI is InChI=1S/C24H28N4O4/c1-4-21(29)28-12-9-18(10-13-28)22-20(15-26-16(2)27-22)23(30)25-11-8-17-6-5-7-19(14-17)24(31)32-3/h4-7,14-15,18H,1,8-13H2,2-3H3,(H,25,30). The topological polar surface area (TPSA) is 101 Å². The van der Waals surface area contributed by atoms with Crippen molar-refractivity contribution in [3.63, 3.8) is 0 Å². The lowest BCUT2D eigenvalue weighted by atomic mass is 9.90. The van der Waals surface area contributed by atoms with Gasteiger partial charge in [0.2, 0.25) is 5.91 Å². The van der Waals surface area contributed by atoms with E-state index in [9.17, 15) is 14.4 Å². The number of rotatable bonds is 7. The highest BCUT2D eigenvalue weighted by Crippen LogP contribution is 2.29. The average molecular weight is 437 g/mol. The van der Waals surface area contributed by atoms with Crippen molar-refractivity contribution in [2.24, 2.45) is 0 Å². The normalized spacial score (nSPS) is 14.0. The minimum Gasteiger partial charge on any atom is -0.465 e. The maximum absolute atomic E-state index is 12.9. The zero-order valence-corrected chi connectivity index (χ0v) is 18.5. The zero-order valence-electron chi connectivity index (χ0n) is 18.5. The molecule has 3 rings (SSSR count). The molecule has 0 unspecified atom stereocenters. The first-order valence-corrected chi connectivity index (χ1v) is 10.6. The highest BCUT2D eigenvalue weighted by atomic mass is 16.5. The van der Waals surface area contributed by atoms with Gasteiger partial charge in [0, 0.05) is 31.7 Å². The Morgan fingerprint density at radius 2 is 2.03 bits per heavy atom. The Labute approximate surface area is 187 Å². The van der Waals surface area contributed by atoms with E-state index in [1.807, 2.05) is 6.07 Å². The van der Waals surface area contributed by atoms with E-state index in [4.69, 9.17) is 4.74 Å². The highest BCUT2D eigenvalue weighted by Gasteiger charge is 2.27. The summed E-state index contributed by atoms with van der Waals surface area (Å²) in [5.74, 6) is 0.00673. The fourth-order valence-electron chi connectivity index (χ4n) is 3.86. The number of amides is 2. The largest absolute Gasteiger partial charge is 0.465 e. The van der Waals surface area contributed by atoms with Crippen molar-refractivity contribution in [2.75, 3.05) is 26.7 Å². The molecule has 1 aromatic carbocycles. The van der Waals surface area contributed by atoms with Crippen molar-refractivity contribution in [1.82, 2.24) is 20.2 Å². The second-order valence-electron chi connectivity index (χ2n) is 7.72. The monoisotopic (exact) mass is 436 g/mol. The first-order chi connectivity index (χ1) is 15.4. The first kappa shape index (κ1) is 23.1. The number of aryl methyl sites for hydroxylation is 1. The Morgan fingerprint density at radius 1 is 1.28 bits per heavy atom. The predicted molar refractivity (Wildman–Crippen MR) is 119 cm³/mol. The zero-order chi connectivity index (χ0) is 23.1. The number of piperidine rings is 1. The van der Waals surface area contributed by atoms with Crippen LogP contribution in [0.5, 0.6) is 0 Å². The van der Waals surface area contributed by atoms with E-state index in [0.29, 0.717) is 43.0 Å². The summed E-state index contributed by atoms with van der Waals surface area (Å²) in [6, 6.07) is 7.14. The number of carbonyl (C=O) groups excluding carboxylic acids is 3. The van der Waals surface area contributed by atoms with E-state index in [1.54, 1.807) is 36.2 Å². The van der Waals surface area contributed by atoms with Gasteiger partial charge in [0.15, 0.2) is 0 Å². The van der Waals surface area contributed by atoms with Gasteiger partial charge >= 0.3 is 5.97 Å². The molecule has 1 fully saturated rings. The summed E-state index contributed by atoms with van der Waals surface area (Å²) in [4.78, 5) is 47.0. The molecule has 0 bridgehead atoms. The number of benzene rings is 1. The summed E-state index contributed by atoms with van der Waals surface area (Å²) in [6.07, 6.45) is 4.94. The molecular weight excluding hydrogens is 408 g/mol. The molecule has 1 aromatic heterocycles. The smallest absolute Gasteiger partial charge is 0.337 e. The van der Waals surface area contributed by atoms with Crippen LogP contribution < -0.4 is 5.32 Å². The molecule has 8 nitrogen and oxygen atoms in total. The number of methoxy groups -OCH3 is 1. The molecule has 0 atom stereocenters. The van der Waals surface area contributed by atoms with E-state index in [1.165, 1.54) is 13.2 Å². The predicted octanol–water partition coefficient (Wildman–Crippen LogP) is 2.44. The Kier molecular flexibility index (Phi) is 7.70. The van der Waals surface area contributed by atoms with Gasteiger partial charge in [-0.25, -0.2) is 14.8 Å². The molecule has 0 aliphatic carbocycles. The van der Waals surface area contributed by atoms with Gasteiger partial charge in [0.25, 0.3) is 5.91 Å². The minimum atomic E-state index is -0.391. The van der Waals surface area contributed by atoms with Crippen LogP contribution in [0.4, 0.5) is 0 Å². The Balaban J connectivity index is 1.64. The maximum Gasteiger partial charge on any atom is 0.337 e. The van der Waals surface area contributed by atoms with E-state index in [-0.39, 0.29) is 17.7 Å². The highest BCUT2D eigenvalue weighted by molar-refractivity contribution is 5.95. The van der Waals surface area contributed by atoms with Crippen LogP contribution in [0.3, 0.4) is 0 Å². The second kappa shape index (κ2) is 10.7. The summed E-state index contributed by atoms with van der Waals surface area (Å²) >= 11 is 0. The number of likely N-dealkylation sites (tertiary alicyclic amines) is 1. The molecule has 0 saturated carbocycles. The lowest BCUT2D eigenvalue weighted by molar-refractivity contribution is -0.127. The maximum atomic E-state index is 12.9. The molecule has 2 aromatic rings. The number of hydrogen-bond acceptors (Lipinski definition) is 6. The van der Waals surface area contributed by atoms with Gasteiger partial charge in [-0.1, -0.05) is 18.7 Å². The van der Waals surface area contributed by atoms with Crippen LogP contribution in [-0.2, 0) is 16.0 Å². The van der Waals surface area contributed by atoms with E-state index in [0.717, 1.165) is 24.1 Å². The third kappa shape index (κ3) is 5.57. The molecule has 0 radical (unpaired) electrons. The van der Waals surface area contributed by atoms with Crippen molar-refractivity contribution in [2.45, 2.75) is 32.1 Å². The van der Waals surface area contributed by atoms with Crippen LogP contribution in [-0.4, -0.2) is 59.4 Å². The molecular formula is C24H28N4O4. The number of hydrogen-bond donors (Lipinski definition) is 1. The van der Waals surface area contributed by atoms with Crippen LogP contribution >= 0.6 is 0 Å². The van der Waals surface area contributed by atoms with E-state index < -0.39 is 5.97 Å². The number of carbonyl (C=O) groups is 3. The van der Waals surface area contributed by atoms with Gasteiger partial charge in [-0.2, -0.15) is 0 Å². The van der Waals surface area contributed by atoms with Gasteiger partial charge in [0.1, 0.15) is 5.82 Å². The van der Waals surface area contributed by atoms with Gasteiger partial charge in [-0.15, -0.1) is 0 Å². The number of nitrogens with one attached hydrogen (secondary N) is 1. The summed E-state index contributed by atoms with van der Waals surface area (Å²) in [7, 11) is 1.34. The quantitative estimate of drug-likeness (QED) is 0.528. The van der Waals surface area contributed by atoms with Gasteiger partial charge < -0.3 is 15.0 Å².